The SMILES string of the molecule is N#Cc1ccc(OCCOC(=O)CCS(=O)c2ccccc2F)cc1. The van der Waals surface area contributed by atoms with Crippen LogP contribution in [0.5, 0.6) is 5.75 Å². The molecule has 7 heteroatoms. The van der Waals surface area contributed by atoms with Crippen LogP contribution in [-0.2, 0) is 20.3 Å². The maximum Gasteiger partial charge on any atom is 0.306 e. The summed E-state index contributed by atoms with van der Waals surface area (Å²) < 4.78 is 35.8. The third kappa shape index (κ3) is 6.01. The van der Waals surface area contributed by atoms with Crippen LogP contribution in [0, 0.1) is 17.1 Å². The molecule has 0 bridgehead atoms. The van der Waals surface area contributed by atoms with Gasteiger partial charge in [-0.1, -0.05) is 12.1 Å². The summed E-state index contributed by atoms with van der Waals surface area (Å²) in [6, 6.07) is 14.3. The molecule has 2 aromatic carbocycles. The van der Waals surface area contributed by atoms with E-state index in [0.29, 0.717) is 11.3 Å². The standard InChI is InChI=1S/C18H16FNO4S/c19-16-3-1-2-4-17(16)25(22)12-9-18(21)24-11-10-23-15-7-5-14(13-20)6-8-15/h1-8H,9-12H2. The number of rotatable bonds is 8. The molecule has 25 heavy (non-hydrogen) atoms. The van der Waals surface area contributed by atoms with Gasteiger partial charge in [-0.05, 0) is 36.4 Å². The maximum absolute atomic E-state index is 13.5. The molecular formula is C18H16FNO4S. The quantitative estimate of drug-likeness (QED) is 0.534. The highest BCUT2D eigenvalue weighted by atomic mass is 32.2. The zero-order valence-corrected chi connectivity index (χ0v) is 14.1. The van der Waals surface area contributed by atoms with E-state index in [2.05, 4.69) is 0 Å². The summed E-state index contributed by atoms with van der Waals surface area (Å²) in [6.07, 6.45) is -0.0716. The molecule has 0 N–H and O–H groups in total. The Bertz CT molecular complexity index is 786. The second-order valence-corrected chi connectivity index (χ2v) is 6.47. The van der Waals surface area contributed by atoms with Crippen LogP contribution < -0.4 is 4.74 Å². The van der Waals surface area contributed by atoms with Gasteiger partial charge in [0.25, 0.3) is 0 Å². The number of hydrogen-bond acceptors (Lipinski definition) is 5. The topological polar surface area (TPSA) is 76.4 Å². The Kier molecular flexibility index (Phi) is 7.11. The number of nitriles is 1. The summed E-state index contributed by atoms with van der Waals surface area (Å²) in [7, 11) is -1.59. The molecule has 2 rings (SSSR count). The summed E-state index contributed by atoms with van der Waals surface area (Å²) in [6.45, 7) is 0.208. The lowest BCUT2D eigenvalue weighted by molar-refractivity contribution is -0.143. The number of ether oxygens (including phenoxy) is 2. The number of carbonyl (C=O) groups excluding carboxylic acids is 1. The van der Waals surface area contributed by atoms with Gasteiger partial charge in [0.05, 0.1) is 33.7 Å². The molecule has 0 saturated heterocycles. The van der Waals surface area contributed by atoms with Crippen molar-refractivity contribution in [2.75, 3.05) is 19.0 Å². The second kappa shape index (κ2) is 9.55. The molecule has 0 radical (unpaired) electrons. The number of nitrogens with zero attached hydrogens (tertiary/aromatic N) is 1. The van der Waals surface area contributed by atoms with Crippen LogP contribution in [0.1, 0.15) is 12.0 Å². The van der Waals surface area contributed by atoms with Gasteiger partial charge >= 0.3 is 5.97 Å². The van der Waals surface area contributed by atoms with Crippen LogP contribution in [0.3, 0.4) is 0 Å². The van der Waals surface area contributed by atoms with Gasteiger partial charge in [0.1, 0.15) is 24.8 Å². The van der Waals surface area contributed by atoms with Gasteiger partial charge < -0.3 is 9.47 Å². The Hall–Kier alpha value is -2.72. The lowest BCUT2D eigenvalue weighted by Crippen LogP contribution is -2.14. The molecule has 0 amide bonds. The molecule has 0 aliphatic rings. The summed E-state index contributed by atoms with van der Waals surface area (Å²) in [5, 5.41) is 8.69. The fourth-order valence-corrected chi connectivity index (χ4v) is 3.02. The van der Waals surface area contributed by atoms with Gasteiger partial charge in [-0.2, -0.15) is 5.26 Å². The molecule has 0 aliphatic carbocycles. The van der Waals surface area contributed by atoms with Crippen LogP contribution in [-0.4, -0.2) is 29.1 Å². The van der Waals surface area contributed by atoms with E-state index in [9.17, 15) is 13.4 Å². The van der Waals surface area contributed by atoms with Gasteiger partial charge in [0, 0.05) is 5.75 Å². The Morgan fingerprint density at radius 3 is 2.52 bits per heavy atom. The minimum atomic E-state index is -1.59. The summed E-state index contributed by atoms with van der Waals surface area (Å²) in [4.78, 5) is 11.7. The molecule has 130 valence electrons. The summed E-state index contributed by atoms with van der Waals surface area (Å²) in [5.41, 5.74) is 0.529. The van der Waals surface area contributed by atoms with Crippen molar-refractivity contribution in [3.05, 3.63) is 59.9 Å². The molecule has 0 aliphatic heterocycles. The lowest BCUT2D eigenvalue weighted by atomic mass is 10.2. The Morgan fingerprint density at radius 2 is 1.84 bits per heavy atom. The third-order valence-corrected chi connectivity index (χ3v) is 4.57. The highest BCUT2D eigenvalue weighted by Crippen LogP contribution is 2.13. The van der Waals surface area contributed by atoms with Crippen molar-refractivity contribution < 1.29 is 22.9 Å². The lowest BCUT2D eigenvalue weighted by Gasteiger charge is -2.07. The molecule has 1 unspecified atom stereocenters. The normalized spacial score (nSPS) is 11.4. The number of hydrogen-bond donors (Lipinski definition) is 0. The van der Waals surface area contributed by atoms with Crippen LogP contribution in [0.25, 0.3) is 0 Å². The van der Waals surface area contributed by atoms with Gasteiger partial charge in [-0.25, -0.2) is 4.39 Å². The van der Waals surface area contributed by atoms with Crippen molar-refractivity contribution in [1.29, 1.82) is 5.26 Å². The Labute approximate surface area is 147 Å². The number of benzene rings is 2. The van der Waals surface area contributed by atoms with E-state index in [1.807, 2.05) is 6.07 Å². The predicted molar refractivity (Wildman–Crippen MR) is 89.9 cm³/mol. The van der Waals surface area contributed by atoms with E-state index in [-0.39, 0.29) is 30.3 Å². The molecule has 2 aromatic rings. The van der Waals surface area contributed by atoms with Gasteiger partial charge in [0.15, 0.2) is 0 Å². The molecule has 5 nitrogen and oxygen atoms in total. The average molecular weight is 361 g/mol. The number of carbonyl (C=O) groups is 1. The van der Waals surface area contributed by atoms with Crippen molar-refractivity contribution in [2.45, 2.75) is 11.3 Å². The highest BCUT2D eigenvalue weighted by Gasteiger charge is 2.12. The molecule has 0 saturated carbocycles. The van der Waals surface area contributed by atoms with Crippen LogP contribution in [0.15, 0.2) is 53.4 Å². The first-order chi connectivity index (χ1) is 12.1. The molecule has 1 atom stereocenters. The minimum Gasteiger partial charge on any atom is -0.490 e. The van der Waals surface area contributed by atoms with Crippen LogP contribution in [0.2, 0.25) is 0 Å². The zero-order valence-electron chi connectivity index (χ0n) is 13.3. The average Bonchev–Trinajstić information content (AvgIpc) is 2.64. The van der Waals surface area contributed by atoms with Crippen molar-refractivity contribution in [2.24, 2.45) is 0 Å². The number of halogens is 1. The van der Waals surface area contributed by atoms with E-state index < -0.39 is 22.6 Å². The van der Waals surface area contributed by atoms with Crippen LogP contribution in [0.4, 0.5) is 4.39 Å². The van der Waals surface area contributed by atoms with Crippen LogP contribution >= 0.6 is 0 Å². The fraction of sp³-hybridized carbons (Fsp3) is 0.222. The molecule has 0 spiro atoms. The molecule has 0 heterocycles. The fourth-order valence-electron chi connectivity index (χ4n) is 1.93. The van der Waals surface area contributed by atoms with Crippen molar-refractivity contribution in [3.8, 4) is 11.8 Å². The monoisotopic (exact) mass is 361 g/mol. The third-order valence-electron chi connectivity index (χ3n) is 3.17. The first-order valence-corrected chi connectivity index (χ1v) is 8.83. The highest BCUT2D eigenvalue weighted by molar-refractivity contribution is 7.85. The first-order valence-electron chi connectivity index (χ1n) is 7.51. The van der Waals surface area contributed by atoms with E-state index in [1.54, 1.807) is 30.3 Å². The van der Waals surface area contributed by atoms with Gasteiger partial charge in [-0.3, -0.25) is 9.00 Å². The smallest absolute Gasteiger partial charge is 0.306 e. The van der Waals surface area contributed by atoms with E-state index in [1.165, 1.54) is 18.2 Å². The van der Waals surface area contributed by atoms with Gasteiger partial charge in [0.2, 0.25) is 0 Å². The molecule has 0 fully saturated rings. The minimum absolute atomic E-state index is 0.00372. The Morgan fingerprint density at radius 1 is 1.12 bits per heavy atom. The maximum atomic E-state index is 13.5. The Balaban J connectivity index is 1.66. The van der Waals surface area contributed by atoms with Crippen molar-refractivity contribution >= 4 is 16.8 Å². The second-order valence-electron chi connectivity index (χ2n) is 4.94. The van der Waals surface area contributed by atoms with E-state index in [4.69, 9.17) is 14.7 Å². The molecule has 0 aromatic heterocycles. The predicted octanol–water partition coefficient (Wildman–Crippen LogP) is 2.82. The van der Waals surface area contributed by atoms with Crippen molar-refractivity contribution in [1.82, 2.24) is 0 Å². The van der Waals surface area contributed by atoms with E-state index in [0.717, 1.165) is 0 Å². The van der Waals surface area contributed by atoms with Gasteiger partial charge in [-0.15, -0.1) is 0 Å². The number of esters is 1. The van der Waals surface area contributed by atoms with Crippen molar-refractivity contribution in [3.63, 3.8) is 0 Å². The largest absolute Gasteiger partial charge is 0.490 e. The zero-order chi connectivity index (χ0) is 18.1. The summed E-state index contributed by atoms with van der Waals surface area (Å²) in [5.74, 6) is -0.509. The first kappa shape index (κ1) is 18.6. The van der Waals surface area contributed by atoms with E-state index >= 15 is 0 Å². The summed E-state index contributed by atoms with van der Waals surface area (Å²) >= 11 is 0. The molecular weight excluding hydrogens is 345 g/mol.